The van der Waals surface area contributed by atoms with Crippen molar-refractivity contribution in [2.75, 3.05) is 12.9 Å². The van der Waals surface area contributed by atoms with E-state index in [4.69, 9.17) is 19.9 Å². The molecule has 1 unspecified atom stereocenters. The first kappa shape index (κ1) is 24.2. The Bertz CT molecular complexity index is 1280. The van der Waals surface area contributed by atoms with Gasteiger partial charge < -0.3 is 19.9 Å². The molecule has 0 amide bonds. The number of hydrogen-bond acceptors (Lipinski definition) is 7. The zero-order valence-corrected chi connectivity index (χ0v) is 20.4. The van der Waals surface area contributed by atoms with Gasteiger partial charge in [0.2, 0.25) is 5.88 Å². The molecule has 0 aromatic heterocycles. The van der Waals surface area contributed by atoms with Gasteiger partial charge in [-0.15, -0.1) is 11.8 Å². The van der Waals surface area contributed by atoms with Crippen molar-refractivity contribution in [2.24, 2.45) is 5.73 Å². The Kier molecular flexibility index (Phi) is 7.64. The fraction of sp³-hybridized carbons (Fsp3) is 0.214. The van der Waals surface area contributed by atoms with Crippen LogP contribution in [-0.2, 0) is 0 Å². The Morgan fingerprint density at radius 3 is 2.46 bits per heavy atom. The first-order chi connectivity index (χ1) is 17.0. The minimum atomic E-state index is -0.494. The van der Waals surface area contributed by atoms with Gasteiger partial charge >= 0.3 is 5.97 Å². The molecule has 2 N–H and O–H groups in total. The van der Waals surface area contributed by atoms with Gasteiger partial charge in [0.15, 0.2) is 0 Å². The number of nitriles is 1. The normalized spacial score (nSPS) is 14.5. The highest BCUT2D eigenvalue weighted by Crippen LogP contribution is 2.43. The van der Waals surface area contributed by atoms with E-state index in [1.165, 1.54) is 0 Å². The lowest BCUT2D eigenvalue weighted by Crippen LogP contribution is -2.21. The molecule has 35 heavy (non-hydrogen) atoms. The summed E-state index contributed by atoms with van der Waals surface area (Å²) in [6.07, 6.45) is 4.04. The maximum Gasteiger partial charge on any atom is 0.343 e. The zero-order valence-electron chi connectivity index (χ0n) is 19.6. The highest BCUT2D eigenvalue weighted by molar-refractivity contribution is 7.98. The number of ether oxygens (including phenoxy) is 3. The van der Waals surface area contributed by atoms with Gasteiger partial charge in [0.1, 0.15) is 28.9 Å². The predicted octanol–water partition coefficient (Wildman–Crippen LogP) is 6.02. The van der Waals surface area contributed by atoms with Crippen molar-refractivity contribution in [2.45, 2.75) is 30.6 Å². The van der Waals surface area contributed by atoms with Gasteiger partial charge in [-0.3, -0.25) is 0 Å². The lowest BCUT2D eigenvalue weighted by Gasteiger charge is -2.26. The van der Waals surface area contributed by atoms with Crippen LogP contribution in [0.25, 0.3) is 0 Å². The molecule has 0 spiro atoms. The van der Waals surface area contributed by atoms with E-state index in [1.807, 2.05) is 30.5 Å². The van der Waals surface area contributed by atoms with Crippen molar-refractivity contribution < 1.29 is 19.0 Å². The Morgan fingerprint density at radius 1 is 1.09 bits per heavy atom. The maximum atomic E-state index is 12.7. The number of nitrogens with two attached hydrogens (primary N) is 1. The van der Waals surface area contributed by atoms with Crippen molar-refractivity contribution in [1.82, 2.24) is 0 Å². The lowest BCUT2D eigenvalue weighted by molar-refractivity contribution is 0.0734. The van der Waals surface area contributed by atoms with Crippen LogP contribution in [0, 0.1) is 11.3 Å². The summed E-state index contributed by atoms with van der Waals surface area (Å²) in [6.45, 7) is 2.74. The topological polar surface area (TPSA) is 94.6 Å². The summed E-state index contributed by atoms with van der Waals surface area (Å²) in [6, 6.07) is 22.2. The van der Waals surface area contributed by atoms with Gasteiger partial charge in [0, 0.05) is 16.5 Å². The summed E-state index contributed by atoms with van der Waals surface area (Å²) in [5, 5.41) is 9.75. The second-order valence-electron chi connectivity index (χ2n) is 8.01. The molecule has 0 radical (unpaired) electrons. The second kappa shape index (κ2) is 11.0. The molecule has 0 aliphatic carbocycles. The number of nitrogens with zero attached hydrogens (tertiary/aromatic N) is 1. The molecule has 6 nitrogen and oxygen atoms in total. The van der Waals surface area contributed by atoms with Crippen LogP contribution in [0.15, 0.2) is 83.1 Å². The number of benzene rings is 3. The van der Waals surface area contributed by atoms with Crippen molar-refractivity contribution >= 4 is 17.7 Å². The van der Waals surface area contributed by atoms with E-state index in [-0.39, 0.29) is 11.8 Å². The Labute approximate surface area is 209 Å². The molecule has 1 atom stereocenters. The van der Waals surface area contributed by atoms with Crippen LogP contribution in [0.5, 0.6) is 17.2 Å². The van der Waals surface area contributed by atoms with E-state index >= 15 is 0 Å². The summed E-state index contributed by atoms with van der Waals surface area (Å²) in [5.41, 5.74) is 8.56. The molecular formula is C28H26N2O4S. The Hall–Kier alpha value is -3.89. The van der Waals surface area contributed by atoms with E-state index in [9.17, 15) is 10.1 Å². The first-order valence-electron chi connectivity index (χ1n) is 11.3. The van der Waals surface area contributed by atoms with E-state index in [2.05, 4.69) is 13.0 Å². The molecule has 1 heterocycles. The molecule has 178 valence electrons. The number of thioether (sulfide) groups is 1. The number of unbranched alkanes of at least 4 members (excludes halogenated alkanes) is 1. The van der Waals surface area contributed by atoms with Crippen molar-refractivity contribution in [3.63, 3.8) is 0 Å². The standard InChI is InChI=1S/C28H26N2O4S/c1-3-4-15-32-20-9-5-19(6-10-20)28(31)33-21-11-14-23-25(16-21)34-27(30)24(17-29)26(23)18-7-12-22(35-2)13-8-18/h5-14,16,26H,3-4,15,30H2,1-2H3. The smallest absolute Gasteiger partial charge is 0.343 e. The third kappa shape index (κ3) is 5.44. The van der Waals surface area contributed by atoms with Gasteiger partial charge in [-0.1, -0.05) is 31.5 Å². The third-order valence-electron chi connectivity index (χ3n) is 5.71. The van der Waals surface area contributed by atoms with Gasteiger partial charge in [0.25, 0.3) is 0 Å². The minimum absolute atomic E-state index is 0.0427. The summed E-state index contributed by atoms with van der Waals surface area (Å²) < 4.78 is 17.0. The fourth-order valence-corrected chi connectivity index (χ4v) is 4.23. The molecule has 3 aromatic rings. The summed E-state index contributed by atoms with van der Waals surface area (Å²) in [7, 11) is 0. The predicted molar refractivity (Wildman–Crippen MR) is 136 cm³/mol. The second-order valence-corrected chi connectivity index (χ2v) is 8.89. The first-order valence-corrected chi connectivity index (χ1v) is 12.6. The Balaban J connectivity index is 1.55. The molecular weight excluding hydrogens is 460 g/mol. The summed E-state index contributed by atoms with van der Waals surface area (Å²) in [4.78, 5) is 13.8. The molecule has 0 fully saturated rings. The fourth-order valence-electron chi connectivity index (χ4n) is 3.83. The van der Waals surface area contributed by atoms with E-state index in [0.29, 0.717) is 35.0 Å². The van der Waals surface area contributed by atoms with Crippen LogP contribution < -0.4 is 19.9 Å². The highest BCUT2D eigenvalue weighted by atomic mass is 32.2. The lowest BCUT2D eigenvalue weighted by atomic mass is 9.83. The summed E-state index contributed by atoms with van der Waals surface area (Å²) in [5.74, 6) is 0.661. The number of hydrogen-bond donors (Lipinski definition) is 1. The van der Waals surface area contributed by atoms with Crippen LogP contribution in [0.2, 0.25) is 0 Å². The van der Waals surface area contributed by atoms with Crippen LogP contribution in [0.1, 0.15) is 47.2 Å². The highest BCUT2D eigenvalue weighted by Gasteiger charge is 2.31. The Morgan fingerprint density at radius 2 is 1.80 bits per heavy atom. The average molecular weight is 487 g/mol. The molecule has 4 rings (SSSR count). The largest absolute Gasteiger partial charge is 0.494 e. The zero-order chi connectivity index (χ0) is 24.8. The van der Waals surface area contributed by atoms with Gasteiger partial charge in [-0.25, -0.2) is 4.79 Å². The van der Waals surface area contributed by atoms with Crippen LogP contribution in [-0.4, -0.2) is 18.8 Å². The van der Waals surface area contributed by atoms with Gasteiger partial charge in [-0.2, -0.15) is 5.26 Å². The van der Waals surface area contributed by atoms with Gasteiger partial charge in [0.05, 0.1) is 18.1 Å². The molecule has 1 aliphatic heterocycles. The van der Waals surface area contributed by atoms with Crippen molar-refractivity contribution in [1.29, 1.82) is 5.26 Å². The average Bonchev–Trinajstić information content (AvgIpc) is 2.88. The maximum absolute atomic E-state index is 12.7. The van der Waals surface area contributed by atoms with Crippen LogP contribution >= 0.6 is 11.8 Å². The van der Waals surface area contributed by atoms with E-state index in [1.54, 1.807) is 54.2 Å². The number of carbonyl (C=O) groups excluding carboxylic acids is 1. The molecule has 0 saturated carbocycles. The SMILES string of the molecule is CCCCOc1ccc(C(=O)Oc2ccc3c(c2)OC(N)=C(C#N)C3c2ccc(SC)cc2)cc1. The number of rotatable bonds is 8. The number of fused-ring (bicyclic) bond motifs is 1. The third-order valence-corrected chi connectivity index (χ3v) is 6.45. The van der Waals surface area contributed by atoms with Crippen molar-refractivity contribution in [3.05, 3.63) is 94.9 Å². The monoisotopic (exact) mass is 486 g/mol. The van der Waals surface area contributed by atoms with Crippen LogP contribution in [0.3, 0.4) is 0 Å². The van der Waals surface area contributed by atoms with Crippen molar-refractivity contribution in [3.8, 4) is 23.3 Å². The number of allylic oxidation sites excluding steroid dienone is 1. The van der Waals surface area contributed by atoms with E-state index < -0.39 is 5.97 Å². The molecule has 0 bridgehead atoms. The van der Waals surface area contributed by atoms with Crippen LogP contribution in [0.4, 0.5) is 0 Å². The summed E-state index contributed by atoms with van der Waals surface area (Å²) >= 11 is 1.65. The molecule has 3 aromatic carbocycles. The molecule has 0 saturated heterocycles. The quantitative estimate of drug-likeness (QED) is 0.180. The number of carbonyl (C=O) groups is 1. The molecule has 1 aliphatic rings. The minimum Gasteiger partial charge on any atom is -0.494 e. The number of esters is 1. The molecule has 7 heteroatoms. The van der Waals surface area contributed by atoms with E-state index in [0.717, 1.165) is 28.9 Å². The van der Waals surface area contributed by atoms with Gasteiger partial charge in [-0.05, 0) is 60.7 Å².